The van der Waals surface area contributed by atoms with Crippen LogP contribution in [0.2, 0.25) is 5.02 Å². The zero-order chi connectivity index (χ0) is 12.1. The molecule has 0 heterocycles. The Labute approximate surface area is 104 Å². The minimum atomic E-state index is 0.382. The average Bonchev–Trinajstić information content (AvgIpc) is 2.38. The molecule has 0 aliphatic carbocycles. The fraction of sp³-hybridized carbons (Fsp3) is 0. The van der Waals surface area contributed by atoms with Crippen LogP contribution in [0.5, 0.6) is 0 Å². The van der Waals surface area contributed by atoms with E-state index in [0.717, 1.165) is 11.3 Å². The lowest BCUT2D eigenvalue weighted by molar-refractivity contribution is 0.319. The van der Waals surface area contributed by atoms with Crippen molar-refractivity contribution >= 4 is 23.1 Å². The average molecular weight is 247 g/mol. The predicted octanol–water partition coefficient (Wildman–Crippen LogP) is 3.59. The fourth-order valence-electron chi connectivity index (χ4n) is 1.42. The topological polar surface area (TPSA) is 44.6 Å². The number of anilines is 1. The first-order chi connectivity index (χ1) is 8.29. The van der Waals surface area contributed by atoms with Gasteiger partial charge in [0.15, 0.2) is 5.84 Å². The first kappa shape index (κ1) is 11.5. The highest BCUT2D eigenvalue weighted by atomic mass is 35.5. The van der Waals surface area contributed by atoms with Crippen molar-refractivity contribution in [2.24, 2.45) is 5.16 Å². The molecule has 2 rings (SSSR count). The van der Waals surface area contributed by atoms with Gasteiger partial charge in [-0.05, 0) is 36.4 Å². The zero-order valence-electron chi connectivity index (χ0n) is 8.97. The van der Waals surface area contributed by atoms with Gasteiger partial charge in [0, 0.05) is 16.3 Å². The number of para-hydroxylation sites is 1. The van der Waals surface area contributed by atoms with Crippen LogP contribution < -0.4 is 5.32 Å². The van der Waals surface area contributed by atoms with Gasteiger partial charge in [0.1, 0.15) is 0 Å². The van der Waals surface area contributed by atoms with Gasteiger partial charge in [-0.2, -0.15) is 0 Å². The summed E-state index contributed by atoms with van der Waals surface area (Å²) in [6.45, 7) is 0. The third-order valence-electron chi connectivity index (χ3n) is 2.25. The van der Waals surface area contributed by atoms with E-state index in [4.69, 9.17) is 16.8 Å². The highest BCUT2D eigenvalue weighted by Crippen LogP contribution is 2.12. The minimum Gasteiger partial charge on any atom is -0.409 e. The van der Waals surface area contributed by atoms with Crippen LogP contribution in [0.4, 0.5) is 5.69 Å². The number of amidine groups is 1. The summed E-state index contributed by atoms with van der Waals surface area (Å²) in [4.78, 5) is 0. The second kappa shape index (κ2) is 5.37. The van der Waals surface area contributed by atoms with Gasteiger partial charge >= 0.3 is 0 Å². The quantitative estimate of drug-likeness (QED) is 0.368. The molecular weight excluding hydrogens is 236 g/mol. The molecule has 0 atom stereocenters. The number of benzene rings is 2. The molecule has 86 valence electrons. The summed E-state index contributed by atoms with van der Waals surface area (Å²) in [7, 11) is 0. The molecule has 2 N–H and O–H groups in total. The van der Waals surface area contributed by atoms with Crippen LogP contribution in [-0.4, -0.2) is 11.0 Å². The summed E-state index contributed by atoms with van der Waals surface area (Å²) in [6, 6.07) is 16.6. The van der Waals surface area contributed by atoms with Gasteiger partial charge in [-0.25, -0.2) is 0 Å². The maximum Gasteiger partial charge on any atom is 0.177 e. The van der Waals surface area contributed by atoms with Crippen molar-refractivity contribution in [1.82, 2.24) is 0 Å². The summed E-state index contributed by atoms with van der Waals surface area (Å²) in [5, 5.41) is 15.9. The standard InChI is InChI=1S/C13H11ClN2O/c14-11-8-6-10(7-9-11)13(16-17)15-12-4-2-1-3-5-12/h1-9,17H,(H,15,16). The van der Waals surface area contributed by atoms with Crippen molar-refractivity contribution in [3.8, 4) is 0 Å². The summed E-state index contributed by atoms with van der Waals surface area (Å²) in [5.74, 6) is 0.382. The first-order valence-electron chi connectivity index (χ1n) is 5.09. The van der Waals surface area contributed by atoms with E-state index in [0.29, 0.717) is 10.9 Å². The molecule has 0 bridgehead atoms. The molecule has 3 nitrogen and oxygen atoms in total. The molecule has 0 spiro atoms. The second-order valence-electron chi connectivity index (χ2n) is 3.45. The molecule has 0 amide bonds. The molecule has 0 saturated carbocycles. The Morgan fingerprint density at radius 2 is 1.65 bits per heavy atom. The molecule has 0 aliphatic heterocycles. The van der Waals surface area contributed by atoms with Gasteiger partial charge in [0.25, 0.3) is 0 Å². The number of rotatable bonds is 2. The molecule has 2 aromatic rings. The maximum atomic E-state index is 9.00. The van der Waals surface area contributed by atoms with E-state index < -0.39 is 0 Å². The number of nitrogens with zero attached hydrogens (tertiary/aromatic N) is 1. The first-order valence-corrected chi connectivity index (χ1v) is 5.47. The van der Waals surface area contributed by atoms with Gasteiger partial charge in [0.2, 0.25) is 0 Å². The summed E-state index contributed by atoms with van der Waals surface area (Å²) < 4.78 is 0. The van der Waals surface area contributed by atoms with Crippen molar-refractivity contribution in [1.29, 1.82) is 0 Å². The molecule has 4 heteroatoms. The van der Waals surface area contributed by atoms with E-state index in [2.05, 4.69) is 10.5 Å². The van der Waals surface area contributed by atoms with Crippen LogP contribution in [0.3, 0.4) is 0 Å². The Morgan fingerprint density at radius 1 is 1.00 bits per heavy atom. The van der Waals surface area contributed by atoms with Crippen molar-refractivity contribution in [2.45, 2.75) is 0 Å². The third-order valence-corrected chi connectivity index (χ3v) is 2.51. The molecule has 0 unspecified atom stereocenters. The lowest BCUT2D eigenvalue weighted by Gasteiger charge is -2.08. The van der Waals surface area contributed by atoms with Gasteiger partial charge in [-0.3, -0.25) is 0 Å². The van der Waals surface area contributed by atoms with Gasteiger partial charge in [0.05, 0.1) is 0 Å². The molecule has 0 radical (unpaired) electrons. The molecule has 0 fully saturated rings. The molecular formula is C13H11ClN2O. The van der Waals surface area contributed by atoms with Crippen molar-refractivity contribution in [3.63, 3.8) is 0 Å². The lowest BCUT2D eigenvalue weighted by Crippen LogP contribution is -2.13. The number of nitrogens with one attached hydrogen (secondary N) is 1. The maximum absolute atomic E-state index is 9.00. The van der Waals surface area contributed by atoms with Crippen LogP contribution in [0.15, 0.2) is 59.8 Å². The van der Waals surface area contributed by atoms with Crippen LogP contribution in [0.25, 0.3) is 0 Å². The zero-order valence-corrected chi connectivity index (χ0v) is 9.72. The fourth-order valence-corrected chi connectivity index (χ4v) is 1.55. The van der Waals surface area contributed by atoms with E-state index in [1.54, 1.807) is 24.3 Å². The normalized spacial score (nSPS) is 11.2. The third kappa shape index (κ3) is 2.98. The Morgan fingerprint density at radius 3 is 2.24 bits per heavy atom. The second-order valence-corrected chi connectivity index (χ2v) is 3.88. The number of hydrogen-bond donors (Lipinski definition) is 2. The molecule has 0 aromatic heterocycles. The largest absolute Gasteiger partial charge is 0.409 e. The number of oxime groups is 1. The predicted molar refractivity (Wildman–Crippen MR) is 69.8 cm³/mol. The molecule has 17 heavy (non-hydrogen) atoms. The van der Waals surface area contributed by atoms with Crippen LogP contribution in [0.1, 0.15) is 5.56 Å². The number of halogens is 1. The van der Waals surface area contributed by atoms with Gasteiger partial charge in [-0.1, -0.05) is 35.0 Å². The summed E-state index contributed by atoms with van der Waals surface area (Å²) in [6.07, 6.45) is 0. The van der Waals surface area contributed by atoms with Crippen LogP contribution >= 0.6 is 11.6 Å². The van der Waals surface area contributed by atoms with E-state index in [-0.39, 0.29) is 0 Å². The van der Waals surface area contributed by atoms with Crippen LogP contribution in [-0.2, 0) is 0 Å². The minimum absolute atomic E-state index is 0.382. The van der Waals surface area contributed by atoms with E-state index in [1.807, 2.05) is 30.3 Å². The molecule has 2 aromatic carbocycles. The molecule has 0 saturated heterocycles. The smallest absolute Gasteiger partial charge is 0.177 e. The highest BCUT2D eigenvalue weighted by Gasteiger charge is 2.04. The number of hydrogen-bond acceptors (Lipinski definition) is 2. The van der Waals surface area contributed by atoms with E-state index in [1.165, 1.54) is 0 Å². The van der Waals surface area contributed by atoms with Crippen molar-refractivity contribution in [3.05, 3.63) is 65.2 Å². The van der Waals surface area contributed by atoms with Gasteiger partial charge in [-0.15, -0.1) is 0 Å². The van der Waals surface area contributed by atoms with E-state index in [9.17, 15) is 0 Å². The molecule has 0 aliphatic rings. The SMILES string of the molecule is O/N=C(/Nc1ccccc1)c1ccc(Cl)cc1. The summed E-state index contributed by atoms with van der Waals surface area (Å²) in [5.41, 5.74) is 1.62. The highest BCUT2D eigenvalue weighted by molar-refractivity contribution is 6.30. The Kier molecular flexibility index (Phi) is 3.62. The van der Waals surface area contributed by atoms with E-state index >= 15 is 0 Å². The summed E-state index contributed by atoms with van der Waals surface area (Å²) >= 11 is 5.80. The Hall–Kier alpha value is -2.00. The van der Waals surface area contributed by atoms with Crippen LogP contribution in [0, 0.1) is 0 Å². The lowest BCUT2D eigenvalue weighted by atomic mass is 10.2. The Balaban J connectivity index is 2.21. The monoisotopic (exact) mass is 246 g/mol. The Bertz CT molecular complexity index is 509. The van der Waals surface area contributed by atoms with Crippen molar-refractivity contribution in [2.75, 3.05) is 5.32 Å². The van der Waals surface area contributed by atoms with Crippen molar-refractivity contribution < 1.29 is 5.21 Å². The van der Waals surface area contributed by atoms with Gasteiger partial charge < -0.3 is 10.5 Å².